The molecule has 0 aliphatic heterocycles. The molecule has 0 heterocycles. The van der Waals surface area contributed by atoms with E-state index in [2.05, 4.69) is 19.6 Å². The predicted octanol–water partition coefficient (Wildman–Crippen LogP) is 4.40. The van der Waals surface area contributed by atoms with Crippen molar-refractivity contribution in [2.45, 2.75) is 31.4 Å². The maximum absolute atomic E-state index is 12.9. The first-order valence-corrected chi connectivity index (χ1v) is 10.2. The van der Waals surface area contributed by atoms with Crippen molar-refractivity contribution in [2.75, 3.05) is 5.75 Å². The molecule has 84 valence electrons. The maximum Gasteiger partial charge on any atom is 0.123 e. The quantitative estimate of drug-likeness (QED) is 0.545. The lowest BCUT2D eigenvalue weighted by atomic mass is 10.2. The van der Waals surface area contributed by atoms with Gasteiger partial charge in [0, 0.05) is 13.8 Å². The fourth-order valence-electron chi connectivity index (χ4n) is 1.20. The fourth-order valence-corrected chi connectivity index (χ4v) is 4.78. The Kier molecular flexibility index (Phi) is 4.86. The predicted molar refractivity (Wildman–Crippen MR) is 70.7 cm³/mol. The van der Waals surface area contributed by atoms with Gasteiger partial charge in [0.2, 0.25) is 0 Å². The lowest BCUT2D eigenvalue weighted by Gasteiger charge is -2.14. The monoisotopic (exact) mass is 242 g/mol. The first-order valence-electron chi connectivity index (χ1n) is 5.29. The largest absolute Gasteiger partial charge is 0.207 e. The highest BCUT2D eigenvalue weighted by molar-refractivity contribution is 7.98. The van der Waals surface area contributed by atoms with E-state index < -0.39 is 8.07 Å². The number of hydrogen-bond donors (Lipinski definition) is 0. The maximum atomic E-state index is 12.9. The number of thioether (sulfide) groups is 1. The van der Waals surface area contributed by atoms with E-state index >= 15 is 0 Å². The van der Waals surface area contributed by atoms with Crippen LogP contribution in [0.2, 0.25) is 25.7 Å². The molecule has 0 aliphatic carbocycles. The van der Waals surface area contributed by atoms with E-state index in [4.69, 9.17) is 0 Å². The number of rotatable bonds is 5. The second-order valence-electron chi connectivity index (χ2n) is 4.99. The molecule has 0 saturated heterocycles. The van der Waals surface area contributed by atoms with Crippen LogP contribution in [0.1, 0.15) is 5.56 Å². The van der Waals surface area contributed by atoms with E-state index in [1.165, 1.54) is 17.9 Å². The molecule has 1 aromatic rings. The Morgan fingerprint density at radius 2 is 2.00 bits per heavy atom. The van der Waals surface area contributed by atoms with Gasteiger partial charge in [0.15, 0.2) is 0 Å². The summed E-state index contributed by atoms with van der Waals surface area (Å²) in [5, 5.41) is 0. The summed E-state index contributed by atoms with van der Waals surface area (Å²) in [5.41, 5.74) is 1.09. The van der Waals surface area contributed by atoms with E-state index in [0.29, 0.717) is 0 Å². The highest BCUT2D eigenvalue weighted by Gasteiger charge is 2.11. The van der Waals surface area contributed by atoms with Crippen LogP contribution in [0.4, 0.5) is 4.39 Å². The second kappa shape index (κ2) is 5.71. The highest BCUT2D eigenvalue weighted by Crippen LogP contribution is 2.18. The SMILES string of the molecule is C[Si](C)(C)CCSCc1cccc(F)c1. The van der Waals surface area contributed by atoms with Crippen molar-refractivity contribution in [3.05, 3.63) is 35.6 Å². The molecule has 0 aromatic heterocycles. The van der Waals surface area contributed by atoms with Gasteiger partial charge in [-0.2, -0.15) is 11.8 Å². The van der Waals surface area contributed by atoms with E-state index in [0.717, 1.165) is 11.3 Å². The fraction of sp³-hybridized carbons (Fsp3) is 0.500. The van der Waals surface area contributed by atoms with Crippen LogP contribution in [0.5, 0.6) is 0 Å². The molecule has 0 saturated carbocycles. The minimum Gasteiger partial charge on any atom is -0.207 e. The van der Waals surface area contributed by atoms with Crippen molar-refractivity contribution in [3.8, 4) is 0 Å². The first-order chi connectivity index (χ1) is 6.97. The molecular formula is C12H19FSSi. The van der Waals surface area contributed by atoms with Crippen LogP contribution in [0.15, 0.2) is 24.3 Å². The topological polar surface area (TPSA) is 0 Å². The molecule has 0 nitrogen and oxygen atoms in total. The van der Waals surface area contributed by atoms with Crippen LogP contribution in [0, 0.1) is 5.82 Å². The molecule has 0 N–H and O–H groups in total. The van der Waals surface area contributed by atoms with Gasteiger partial charge in [-0.1, -0.05) is 31.8 Å². The molecule has 0 bridgehead atoms. The van der Waals surface area contributed by atoms with Gasteiger partial charge in [-0.25, -0.2) is 4.39 Å². The Balaban J connectivity index is 2.26. The average Bonchev–Trinajstić information content (AvgIpc) is 2.11. The Hall–Kier alpha value is -0.283. The highest BCUT2D eigenvalue weighted by atomic mass is 32.2. The van der Waals surface area contributed by atoms with Crippen LogP contribution < -0.4 is 0 Å². The number of halogens is 1. The van der Waals surface area contributed by atoms with Gasteiger partial charge in [-0.15, -0.1) is 0 Å². The van der Waals surface area contributed by atoms with Crippen molar-refractivity contribution in [3.63, 3.8) is 0 Å². The Bertz CT molecular complexity index is 307. The molecule has 0 fully saturated rings. The van der Waals surface area contributed by atoms with Gasteiger partial charge >= 0.3 is 0 Å². The van der Waals surface area contributed by atoms with Crippen molar-refractivity contribution in [1.82, 2.24) is 0 Å². The number of hydrogen-bond acceptors (Lipinski definition) is 1. The average molecular weight is 242 g/mol. The van der Waals surface area contributed by atoms with Crippen LogP contribution in [-0.2, 0) is 5.75 Å². The molecule has 1 aromatic carbocycles. The summed E-state index contributed by atoms with van der Waals surface area (Å²) in [4.78, 5) is 0. The van der Waals surface area contributed by atoms with Crippen LogP contribution >= 0.6 is 11.8 Å². The summed E-state index contributed by atoms with van der Waals surface area (Å²) >= 11 is 1.91. The molecule has 0 unspecified atom stereocenters. The molecule has 1 rings (SSSR count). The summed E-state index contributed by atoms with van der Waals surface area (Å²) < 4.78 is 12.9. The molecule has 0 atom stereocenters. The lowest BCUT2D eigenvalue weighted by molar-refractivity contribution is 0.626. The zero-order valence-electron chi connectivity index (χ0n) is 9.72. The van der Waals surface area contributed by atoms with Gasteiger partial charge in [-0.3, -0.25) is 0 Å². The van der Waals surface area contributed by atoms with Gasteiger partial charge in [0.1, 0.15) is 5.82 Å². The van der Waals surface area contributed by atoms with Crippen molar-refractivity contribution in [1.29, 1.82) is 0 Å². The van der Waals surface area contributed by atoms with Gasteiger partial charge in [0.25, 0.3) is 0 Å². The second-order valence-corrected chi connectivity index (χ2v) is 11.7. The smallest absolute Gasteiger partial charge is 0.123 e. The minimum absolute atomic E-state index is 0.127. The van der Waals surface area contributed by atoms with Crippen molar-refractivity contribution >= 4 is 19.8 Å². The molecular weight excluding hydrogens is 223 g/mol. The van der Waals surface area contributed by atoms with Crippen LogP contribution in [0.25, 0.3) is 0 Å². The Morgan fingerprint density at radius 3 is 2.60 bits per heavy atom. The summed E-state index contributed by atoms with van der Waals surface area (Å²) in [7, 11) is -0.901. The molecule has 0 radical (unpaired) electrons. The zero-order chi connectivity index (χ0) is 11.3. The van der Waals surface area contributed by atoms with Gasteiger partial charge in [-0.05, 0) is 29.5 Å². The molecule has 15 heavy (non-hydrogen) atoms. The molecule has 0 aliphatic rings. The zero-order valence-corrected chi connectivity index (χ0v) is 11.5. The Labute approximate surface area is 97.3 Å². The Morgan fingerprint density at radius 1 is 1.27 bits per heavy atom. The summed E-state index contributed by atoms with van der Waals surface area (Å²) in [6.07, 6.45) is 0. The molecule has 0 spiro atoms. The van der Waals surface area contributed by atoms with E-state index in [-0.39, 0.29) is 5.82 Å². The van der Waals surface area contributed by atoms with Gasteiger partial charge in [0.05, 0.1) is 0 Å². The van der Waals surface area contributed by atoms with E-state index in [1.54, 1.807) is 12.1 Å². The third-order valence-corrected chi connectivity index (χ3v) is 5.30. The molecule has 3 heteroatoms. The third kappa shape index (κ3) is 6.00. The van der Waals surface area contributed by atoms with Crippen LogP contribution in [-0.4, -0.2) is 13.8 Å². The normalized spacial score (nSPS) is 11.7. The number of benzene rings is 1. The van der Waals surface area contributed by atoms with Crippen molar-refractivity contribution in [2.24, 2.45) is 0 Å². The van der Waals surface area contributed by atoms with E-state index in [9.17, 15) is 4.39 Å². The van der Waals surface area contributed by atoms with Crippen molar-refractivity contribution < 1.29 is 4.39 Å². The summed E-state index contributed by atoms with van der Waals surface area (Å²) in [5.74, 6) is 2.01. The summed E-state index contributed by atoms with van der Waals surface area (Å²) in [6, 6.07) is 8.24. The van der Waals surface area contributed by atoms with Gasteiger partial charge < -0.3 is 0 Å². The first kappa shape index (κ1) is 12.8. The van der Waals surface area contributed by atoms with E-state index in [1.807, 2.05) is 17.8 Å². The third-order valence-electron chi connectivity index (χ3n) is 2.15. The minimum atomic E-state index is -0.901. The van der Waals surface area contributed by atoms with Crippen LogP contribution in [0.3, 0.4) is 0 Å². The lowest BCUT2D eigenvalue weighted by Crippen LogP contribution is -2.19. The summed E-state index contributed by atoms with van der Waals surface area (Å²) in [6.45, 7) is 7.15. The standard InChI is InChI=1S/C12H19FSSi/c1-15(2,3)8-7-14-10-11-5-4-6-12(13)9-11/h4-6,9H,7-8,10H2,1-3H3. The molecule has 0 amide bonds.